The second-order valence-electron chi connectivity index (χ2n) is 13.8. The molecule has 258 valence electrons. The van der Waals surface area contributed by atoms with Crippen molar-refractivity contribution in [2.45, 2.75) is 0 Å². The average molecular weight is 702 g/mol. The molecule has 0 aliphatic heterocycles. The second-order valence-corrected chi connectivity index (χ2v) is 13.8. The molecule has 0 fully saturated rings. The van der Waals surface area contributed by atoms with Gasteiger partial charge in [-0.05, 0) is 76.5 Å². The van der Waals surface area contributed by atoms with Crippen molar-refractivity contribution in [1.82, 2.24) is 9.97 Å². The first-order valence-corrected chi connectivity index (χ1v) is 18.7. The van der Waals surface area contributed by atoms with Gasteiger partial charge in [0.05, 0.1) is 22.6 Å². The molecule has 0 amide bonds. The van der Waals surface area contributed by atoms with Gasteiger partial charge in [-0.3, -0.25) is 0 Å². The van der Waals surface area contributed by atoms with Crippen molar-refractivity contribution in [3.63, 3.8) is 0 Å². The van der Waals surface area contributed by atoms with E-state index in [1.807, 2.05) is 6.07 Å². The van der Waals surface area contributed by atoms with Crippen molar-refractivity contribution in [2.75, 3.05) is 4.90 Å². The summed E-state index contributed by atoms with van der Waals surface area (Å²) in [5.74, 6) is 0. The van der Waals surface area contributed by atoms with E-state index < -0.39 is 0 Å². The monoisotopic (exact) mass is 701 g/mol. The summed E-state index contributed by atoms with van der Waals surface area (Å²) in [6, 6.07) is 75.0. The minimum absolute atomic E-state index is 0.943. The first kappa shape index (κ1) is 32.3. The van der Waals surface area contributed by atoms with Crippen LogP contribution >= 0.6 is 0 Å². The van der Waals surface area contributed by atoms with Crippen LogP contribution in [0, 0.1) is 0 Å². The molecule has 55 heavy (non-hydrogen) atoms. The Labute approximate surface area is 320 Å². The van der Waals surface area contributed by atoms with Gasteiger partial charge in [0, 0.05) is 49.9 Å². The number of benzene rings is 8. The van der Waals surface area contributed by atoms with E-state index in [4.69, 9.17) is 9.97 Å². The molecule has 0 spiro atoms. The quantitative estimate of drug-likeness (QED) is 0.155. The molecule has 0 unspecified atom stereocenters. The summed E-state index contributed by atoms with van der Waals surface area (Å²) in [5, 5.41) is 5.79. The Morgan fingerprint density at radius 1 is 0.309 bits per heavy atom. The van der Waals surface area contributed by atoms with Gasteiger partial charge in [-0.2, -0.15) is 0 Å². The van der Waals surface area contributed by atoms with Crippen LogP contribution < -0.4 is 4.90 Å². The van der Waals surface area contributed by atoms with E-state index in [2.05, 4.69) is 211 Å². The number of nitrogens with zero attached hydrogens (tertiary/aromatic N) is 3. The Kier molecular flexibility index (Phi) is 8.16. The molecule has 0 aliphatic carbocycles. The number of hydrogen-bond acceptors (Lipinski definition) is 3. The van der Waals surface area contributed by atoms with E-state index in [9.17, 15) is 0 Å². The summed E-state index contributed by atoms with van der Waals surface area (Å²) >= 11 is 0. The lowest BCUT2D eigenvalue weighted by Crippen LogP contribution is -2.09. The lowest BCUT2D eigenvalue weighted by atomic mass is 9.93. The molecule has 10 aromatic rings. The zero-order valence-corrected chi connectivity index (χ0v) is 30.0. The van der Waals surface area contributed by atoms with Crippen LogP contribution in [0.2, 0.25) is 0 Å². The fraction of sp³-hybridized carbons (Fsp3) is 0. The molecule has 2 aromatic heterocycles. The van der Waals surface area contributed by atoms with Crippen LogP contribution in [0.3, 0.4) is 0 Å². The van der Waals surface area contributed by atoms with Gasteiger partial charge < -0.3 is 4.90 Å². The van der Waals surface area contributed by atoms with Crippen molar-refractivity contribution in [3.8, 4) is 44.9 Å². The van der Waals surface area contributed by atoms with Gasteiger partial charge >= 0.3 is 0 Å². The predicted molar refractivity (Wildman–Crippen MR) is 231 cm³/mol. The molecule has 0 bridgehead atoms. The lowest BCUT2D eigenvalue weighted by molar-refractivity contribution is 1.28. The highest BCUT2D eigenvalue weighted by Crippen LogP contribution is 2.42. The van der Waals surface area contributed by atoms with Crippen LogP contribution in [0.15, 0.2) is 212 Å². The number of para-hydroxylation sites is 2. The molecule has 0 radical (unpaired) electrons. The number of fused-ring (bicyclic) bond motifs is 5. The van der Waals surface area contributed by atoms with Crippen molar-refractivity contribution >= 4 is 49.5 Å². The van der Waals surface area contributed by atoms with Gasteiger partial charge in [-0.15, -0.1) is 0 Å². The number of rotatable bonds is 7. The molecule has 2 heterocycles. The Morgan fingerprint density at radius 2 is 0.836 bits per heavy atom. The third-order valence-electron chi connectivity index (χ3n) is 10.4. The molecular weight excluding hydrogens is 667 g/mol. The van der Waals surface area contributed by atoms with Crippen LogP contribution in [0.5, 0.6) is 0 Å². The highest BCUT2D eigenvalue weighted by molar-refractivity contribution is 6.23. The lowest BCUT2D eigenvalue weighted by Gasteiger charge is -2.26. The molecule has 0 saturated heterocycles. The summed E-state index contributed by atoms with van der Waals surface area (Å²) in [6.45, 7) is 0. The summed E-state index contributed by atoms with van der Waals surface area (Å²) in [4.78, 5) is 12.9. The van der Waals surface area contributed by atoms with E-state index >= 15 is 0 Å². The second kappa shape index (κ2) is 13.9. The highest BCUT2D eigenvalue weighted by atomic mass is 15.1. The highest BCUT2D eigenvalue weighted by Gasteiger charge is 2.18. The van der Waals surface area contributed by atoms with Crippen molar-refractivity contribution < 1.29 is 0 Å². The standard InChI is InChI=1S/C52H35N3/c1-6-16-36(17-7-1)41-33-48(37-18-8-2-9-19-37)53-49(34-41)40-27-29-45-39(32-40)26-30-47-51(45)46-31-28-44(35-50(46)54-52(47)38-20-10-3-11-21-38)55(42-22-12-4-13-23-42)43-24-14-5-15-25-43/h1-35H. The van der Waals surface area contributed by atoms with E-state index in [1.165, 1.54) is 16.3 Å². The first-order valence-electron chi connectivity index (χ1n) is 18.7. The minimum Gasteiger partial charge on any atom is -0.310 e. The van der Waals surface area contributed by atoms with E-state index in [-0.39, 0.29) is 0 Å². The smallest absolute Gasteiger partial charge is 0.0788 e. The molecule has 0 aliphatic rings. The van der Waals surface area contributed by atoms with Gasteiger partial charge in [0.15, 0.2) is 0 Å². The fourth-order valence-electron chi connectivity index (χ4n) is 7.77. The predicted octanol–water partition coefficient (Wildman–Crippen LogP) is 14.1. The van der Waals surface area contributed by atoms with Gasteiger partial charge in [0.2, 0.25) is 0 Å². The Hall–Kier alpha value is -7.36. The largest absolute Gasteiger partial charge is 0.310 e. The Balaban J connectivity index is 1.18. The van der Waals surface area contributed by atoms with Crippen LogP contribution in [-0.4, -0.2) is 9.97 Å². The summed E-state index contributed by atoms with van der Waals surface area (Å²) in [5.41, 5.74) is 12.6. The Morgan fingerprint density at radius 3 is 1.47 bits per heavy atom. The third-order valence-corrected chi connectivity index (χ3v) is 10.4. The summed E-state index contributed by atoms with van der Waals surface area (Å²) in [6.07, 6.45) is 0. The first-order chi connectivity index (χ1) is 27.3. The van der Waals surface area contributed by atoms with Gasteiger partial charge in [-0.25, -0.2) is 9.97 Å². The van der Waals surface area contributed by atoms with E-state index in [1.54, 1.807) is 0 Å². The van der Waals surface area contributed by atoms with Crippen molar-refractivity contribution in [3.05, 3.63) is 212 Å². The third kappa shape index (κ3) is 6.08. The van der Waals surface area contributed by atoms with Gasteiger partial charge in [0.1, 0.15) is 0 Å². The zero-order chi connectivity index (χ0) is 36.6. The van der Waals surface area contributed by atoms with Crippen molar-refractivity contribution in [2.24, 2.45) is 0 Å². The minimum atomic E-state index is 0.943. The maximum absolute atomic E-state index is 5.42. The number of hydrogen-bond donors (Lipinski definition) is 0. The zero-order valence-electron chi connectivity index (χ0n) is 30.0. The van der Waals surface area contributed by atoms with Gasteiger partial charge in [0.25, 0.3) is 0 Å². The molecule has 3 nitrogen and oxygen atoms in total. The molecule has 3 heteroatoms. The number of pyridine rings is 2. The van der Waals surface area contributed by atoms with Crippen LogP contribution in [0.25, 0.3) is 77.3 Å². The summed E-state index contributed by atoms with van der Waals surface area (Å²) in [7, 11) is 0. The molecule has 10 rings (SSSR count). The van der Waals surface area contributed by atoms with Crippen LogP contribution in [0.4, 0.5) is 17.1 Å². The topological polar surface area (TPSA) is 29.0 Å². The van der Waals surface area contributed by atoms with Gasteiger partial charge in [-0.1, -0.05) is 158 Å². The maximum Gasteiger partial charge on any atom is 0.0788 e. The molecular formula is C52H35N3. The molecule has 0 saturated carbocycles. The molecule has 8 aromatic carbocycles. The normalized spacial score (nSPS) is 11.3. The van der Waals surface area contributed by atoms with Crippen LogP contribution in [0.1, 0.15) is 0 Å². The number of anilines is 3. The fourth-order valence-corrected chi connectivity index (χ4v) is 7.77. The molecule has 0 atom stereocenters. The van der Waals surface area contributed by atoms with Crippen molar-refractivity contribution in [1.29, 1.82) is 0 Å². The number of aromatic nitrogens is 2. The Bertz CT molecular complexity index is 2850. The van der Waals surface area contributed by atoms with E-state index in [0.29, 0.717) is 0 Å². The maximum atomic E-state index is 5.42. The SMILES string of the molecule is c1ccc(-c2cc(-c3ccccc3)nc(-c3ccc4c(ccc5c(-c6ccccc6)nc6cc(N(c7ccccc7)c7ccccc7)ccc6c54)c3)c2)cc1. The molecule has 0 N–H and O–H groups in total. The summed E-state index contributed by atoms with van der Waals surface area (Å²) < 4.78 is 0. The van der Waals surface area contributed by atoms with E-state index in [0.717, 1.165) is 78.1 Å². The average Bonchev–Trinajstić information content (AvgIpc) is 3.27. The van der Waals surface area contributed by atoms with Crippen LogP contribution in [-0.2, 0) is 0 Å².